The quantitative estimate of drug-likeness (QED) is 0.294. The lowest BCUT2D eigenvalue weighted by Gasteiger charge is -2.18. The summed E-state index contributed by atoms with van der Waals surface area (Å²) in [4.78, 5) is 27.2. The molecule has 0 aliphatic carbocycles. The van der Waals surface area contributed by atoms with E-state index in [4.69, 9.17) is 21.7 Å². The van der Waals surface area contributed by atoms with E-state index in [1.165, 1.54) is 11.8 Å². The van der Waals surface area contributed by atoms with E-state index in [1.807, 2.05) is 31.2 Å². The molecule has 2 fully saturated rings. The van der Waals surface area contributed by atoms with Crippen molar-refractivity contribution in [2.45, 2.75) is 25.9 Å². The molecule has 2 saturated heterocycles. The number of hydrogen-bond acceptors (Lipinski definition) is 6. The summed E-state index contributed by atoms with van der Waals surface area (Å²) in [6, 6.07) is 14.3. The molecule has 1 atom stereocenters. The molecule has 2 aromatic rings. The number of carbonyl (C=O) groups excluding carboxylic acids is 2. The van der Waals surface area contributed by atoms with Crippen molar-refractivity contribution in [3.8, 4) is 5.75 Å². The number of amides is 1. The highest BCUT2D eigenvalue weighted by Crippen LogP contribution is 2.33. The minimum atomic E-state index is -0.405. The van der Waals surface area contributed by atoms with Gasteiger partial charge < -0.3 is 9.47 Å². The van der Waals surface area contributed by atoms with Gasteiger partial charge in [-0.3, -0.25) is 9.69 Å². The first-order valence-electron chi connectivity index (χ1n) is 9.75. The predicted octanol–water partition coefficient (Wildman–Crippen LogP) is 4.59. The molecule has 1 amide bonds. The van der Waals surface area contributed by atoms with Crippen LogP contribution in [0.5, 0.6) is 5.75 Å². The number of nitrogens with zero attached hydrogens (tertiary/aromatic N) is 1. The molecule has 2 aromatic carbocycles. The summed E-state index contributed by atoms with van der Waals surface area (Å²) in [7, 11) is 0. The van der Waals surface area contributed by atoms with Crippen molar-refractivity contribution < 1.29 is 19.1 Å². The fourth-order valence-electron chi connectivity index (χ4n) is 3.29. The summed E-state index contributed by atoms with van der Waals surface area (Å²) < 4.78 is 11.6. The summed E-state index contributed by atoms with van der Waals surface area (Å²) >= 11 is 6.68. The molecule has 1 unspecified atom stereocenters. The largest absolute Gasteiger partial charge is 0.423 e. The second-order valence-corrected chi connectivity index (χ2v) is 8.93. The Balaban J connectivity index is 1.40. The molecule has 2 aliphatic heterocycles. The van der Waals surface area contributed by atoms with Crippen LogP contribution in [-0.2, 0) is 9.53 Å². The van der Waals surface area contributed by atoms with Crippen LogP contribution in [0.25, 0.3) is 6.08 Å². The molecule has 0 radical (unpaired) electrons. The fourth-order valence-corrected chi connectivity index (χ4v) is 4.56. The van der Waals surface area contributed by atoms with Crippen LogP contribution in [0.4, 0.5) is 0 Å². The van der Waals surface area contributed by atoms with Crippen molar-refractivity contribution in [3.05, 3.63) is 70.1 Å². The third kappa shape index (κ3) is 4.80. The Bertz CT molecular complexity index is 993. The first kappa shape index (κ1) is 20.8. The van der Waals surface area contributed by atoms with Crippen LogP contribution in [0.2, 0.25) is 0 Å². The Morgan fingerprint density at radius 1 is 1.23 bits per heavy atom. The Labute approximate surface area is 185 Å². The summed E-state index contributed by atoms with van der Waals surface area (Å²) in [5, 5.41) is 0. The molecule has 2 aliphatic rings. The van der Waals surface area contributed by atoms with E-state index in [0.29, 0.717) is 27.1 Å². The molecule has 0 spiro atoms. The monoisotopic (exact) mass is 439 g/mol. The maximum atomic E-state index is 12.7. The number of rotatable bonds is 5. The van der Waals surface area contributed by atoms with Gasteiger partial charge in [-0.1, -0.05) is 53.8 Å². The molecule has 2 heterocycles. The molecule has 154 valence electrons. The molecule has 0 aromatic heterocycles. The topological polar surface area (TPSA) is 55.8 Å². The van der Waals surface area contributed by atoms with E-state index in [-0.39, 0.29) is 12.0 Å². The van der Waals surface area contributed by atoms with Crippen LogP contribution in [0.1, 0.15) is 34.3 Å². The van der Waals surface area contributed by atoms with Crippen molar-refractivity contribution in [2.75, 3.05) is 13.2 Å². The van der Waals surface area contributed by atoms with E-state index >= 15 is 0 Å². The number of hydrogen-bond donors (Lipinski definition) is 0. The smallest absolute Gasteiger partial charge is 0.343 e. The van der Waals surface area contributed by atoms with Gasteiger partial charge in [0.25, 0.3) is 5.91 Å². The number of carbonyl (C=O) groups is 2. The van der Waals surface area contributed by atoms with Gasteiger partial charge in [0.2, 0.25) is 0 Å². The van der Waals surface area contributed by atoms with E-state index in [2.05, 4.69) is 0 Å². The lowest BCUT2D eigenvalue weighted by atomic mass is 10.1. The zero-order valence-corrected chi connectivity index (χ0v) is 18.1. The van der Waals surface area contributed by atoms with E-state index in [0.717, 1.165) is 30.6 Å². The average molecular weight is 440 g/mol. The zero-order chi connectivity index (χ0) is 21.1. The second-order valence-electron chi connectivity index (χ2n) is 7.25. The molecule has 0 saturated carbocycles. The first-order chi connectivity index (χ1) is 14.5. The lowest BCUT2D eigenvalue weighted by molar-refractivity contribution is -0.123. The minimum absolute atomic E-state index is 0.0642. The lowest BCUT2D eigenvalue weighted by Crippen LogP contribution is -2.35. The van der Waals surface area contributed by atoms with Gasteiger partial charge >= 0.3 is 5.97 Å². The Hall–Kier alpha value is -2.48. The Morgan fingerprint density at radius 2 is 1.97 bits per heavy atom. The van der Waals surface area contributed by atoms with Gasteiger partial charge in [0.1, 0.15) is 10.1 Å². The van der Waals surface area contributed by atoms with Crippen LogP contribution in [0.15, 0.2) is 53.4 Å². The molecule has 5 nitrogen and oxygen atoms in total. The number of thiocarbonyl (C=S) groups is 1. The maximum Gasteiger partial charge on any atom is 0.343 e. The summed E-state index contributed by atoms with van der Waals surface area (Å²) in [6.07, 6.45) is 3.85. The van der Waals surface area contributed by atoms with Crippen LogP contribution < -0.4 is 4.74 Å². The second kappa shape index (κ2) is 9.12. The van der Waals surface area contributed by atoms with Crippen LogP contribution in [0, 0.1) is 6.92 Å². The molecular weight excluding hydrogens is 418 g/mol. The maximum absolute atomic E-state index is 12.7. The van der Waals surface area contributed by atoms with Gasteiger partial charge in [-0.25, -0.2) is 4.79 Å². The zero-order valence-electron chi connectivity index (χ0n) is 16.5. The number of esters is 1. The fraction of sp³-hybridized carbons (Fsp3) is 0.261. The third-order valence-corrected chi connectivity index (χ3v) is 6.34. The summed E-state index contributed by atoms with van der Waals surface area (Å²) in [5.41, 5.74) is 2.42. The summed E-state index contributed by atoms with van der Waals surface area (Å²) in [6.45, 7) is 3.22. The molecule has 0 N–H and O–H groups in total. The highest BCUT2D eigenvalue weighted by molar-refractivity contribution is 8.26. The van der Waals surface area contributed by atoms with Gasteiger partial charge in [-0.15, -0.1) is 0 Å². The van der Waals surface area contributed by atoms with Crippen molar-refractivity contribution in [1.82, 2.24) is 4.90 Å². The average Bonchev–Trinajstić information content (AvgIpc) is 3.34. The van der Waals surface area contributed by atoms with E-state index in [9.17, 15) is 9.59 Å². The summed E-state index contributed by atoms with van der Waals surface area (Å²) in [5.74, 6) is -0.0446. The predicted molar refractivity (Wildman–Crippen MR) is 121 cm³/mol. The first-order valence-corrected chi connectivity index (χ1v) is 11.0. The number of ether oxygens (including phenoxy) is 2. The van der Waals surface area contributed by atoms with Crippen molar-refractivity contribution in [2.24, 2.45) is 0 Å². The van der Waals surface area contributed by atoms with Crippen LogP contribution in [0.3, 0.4) is 0 Å². The Kier molecular flexibility index (Phi) is 6.32. The number of benzene rings is 2. The molecule has 30 heavy (non-hydrogen) atoms. The number of aryl methyl sites for hydroxylation is 1. The van der Waals surface area contributed by atoms with Gasteiger partial charge in [0.05, 0.1) is 23.1 Å². The van der Waals surface area contributed by atoms with Gasteiger partial charge in [-0.2, -0.15) is 0 Å². The normalized spacial score (nSPS) is 20.2. The molecule has 7 heteroatoms. The highest BCUT2D eigenvalue weighted by Gasteiger charge is 2.34. The van der Waals surface area contributed by atoms with Crippen LogP contribution >= 0.6 is 24.0 Å². The number of thioether (sulfide) groups is 1. The van der Waals surface area contributed by atoms with Crippen LogP contribution in [-0.4, -0.2) is 40.4 Å². The van der Waals surface area contributed by atoms with Crippen molar-refractivity contribution in [1.29, 1.82) is 0 Å². The van der Waals surface area contributed by atoms with Crippen molar-refractivity contribution >= 4 is 46.3 Å². The molecular formula is C23H21NO4S2. The Morgan fingerprint density at radius 3 is 2.63 bits per heavy atom. The minimum Gasteiger partial charge on any atom is -0.423 e. The highest BCUT2D eigenvalue weighted by atomic mass is 32.2. The van der Waals surface area contributed by atoms with E-state index in [1.54, 1.807) is 35.2 Å². The molecule has 0 bridgehead atoms. The van der Waals surface area contributed by atoms with Gasteiger partial charge in [0.15, 0.2) is 0 Å². The third-order valence-electron chi connectivity index (χ3n) is 4.96. The van der Waals surface area contributed by atoms with Gasteiger partial charge in [-0.05, 0) is 55.7 Å². The van der Waals surface area contributed by atoms with Crippen molar-refractivity contribution in [3.63, 3.8) is 0 Å². The molecule has 4 rings (SSSR count). The standard InChI is InChI=1S/C23H21NO4S2/c1-15-4-8-17(9-5-15)22(26)28-18-10-6-16(7-11-18)13-20-21(25)24(23(29)30-20)14-19-3-2-12-27-19/h4-11,13,19H,2-3,12,14H2,1H3/b20-13-. The SMILES string of the molecule is Cc1ccc(C(=O)Oc2ccc(/C=C3\SC(=S)N(CC4CCCO4)C3=O)cc2)cc1. The van der Waals surface area contributed by atoms with Gasteiger partial charge in [0, 0.05) is 6.61 Å². The van der Waals surface area contributed by atoms with E-state index < -0.39 is 5.97 Å².